The number of aliphatic carboxylic acids is 1. The van der Waals surface area contributed by atoms with Crippen LogP contribution in [0.5, 0.6) is 0 Å². The van der Waals surface area contributed by atoms with Gasteiger partial charge >= 0.3 is 5.97 Å². The number of hydrogen-bond acceptors (Lipinski definition) is 5. The van der Waals surface area contributed by atoms with Crippen molar-refractivity contribution in [2.24, 2.45) is 21.4 Å². The van der Waals surface area contributed by atoms with E-state index in [0.29, 0.717) is 12.8 Å². The van der Waals surface area contributed by atoms with Crippen molar-refractivity contribution in [3.05, 3.63) is 35.9 Å². The molecular weight excluding hydrogens is 292 g/mol. The van der Waals surface area contributed by atoms with Gasteiger partial charge in [0.2, 0.25) is 0 Å². The molecule has 0 bridgehead atoms. The first kappa shape index (κ1) is 15.8. The molecule has 2 aliphatic heterocycles. The second-order valence-electron chi connectivity index (χ2n) is 6.69. The molecule has 1 aromatic rings. The molecule has 1 fully saturated rings. The quantitative estimate of drug-likeness (QED) is 0.928. The van der Waals surface area contributed by atoms with Crippen LogP contribution in [-0.4, -0.2) is 39.8 Å². The molecule has 1 aromatic carbocycles. The molecule has 3 rings (SSSR count). The van der Waals surface area contributed by atoms with E-state index >= 15 is 0 Å². The van der Waals surface area contributed by atoms with Crippen molar-refractivity contribution >= 4 is 12.2 Å². The van der Waals surface area contributed by atoms with Gasteiger partial charge < -0.3 is 5.11 Å². The normalized spacial score (nSPS) is 33.9. The highest BCUT2D eigenvalue weighted by Gasteiger charge is 2.46. The molecule has 0 radical (unpaired) electrons. The van der Waals surface area contributed by atoms with E-state index in [0.717, 1.165) is 6.54 Å². The third kappa shape index (κ3) is 3.17. The fourth-order valence-electron chi connectivity index (χ4n) is 3.64. The van der Waals surface area contributed by atoms with E-state index < -0.39 is 11.5 Å². The average molecular weight is 314 g/mol. The highest BCUT2D eigenvalue weighted by atomic mass is 16.4. The SMILES string of the molecule is CC1CC(C(=O)O)CC(C2(C)C=NN=N2)N1Cc1ccccc1. The number of piperidine rings is 1. The van der Waals surface area contributed by atoms with Crippen LogP contribution in [0.4, 0.5) is 0 Å². The average Bonchev–Trinajstić information content (AvgIpc) is 2.97. The lowest BCUT2D eigenvalue weighted by Gasteiger charge is -2.47. The topological polar surface area (TPSA) is 77.6 Å². The van der Waals surface area contributed by atoms with Gasteiger partial charge in [-0.25, -0.2) is 0 Å². The minimum Gasteiger partial charge on any atom is -0.481 e. The van der Waals surface area contributed by atoms with Crippen molar-refractivity contribution in [1.82, 2.24) is 4.90 Å². The van der Waals surface area contributed by atoms with Crippen LogP contribution >= 0.6 is 0 Å². The Bertz CT molecular complexity index is 617. The number of rotatable bonds is 4. The first-order valence-corrected chi connectivity index (χ1v) is 7.98. The number of carboxylic acids is 1. The third-order valence-electron chi connectivity index (χ3n) is 4.96. The summed E-state index contributed by atoms with van der Waals surface area (Å²) in [6.45, 7) is 4.85. The summed E-state index contributed by atoms with van der Waals surface area (Å²) >= 11 is 0. The van der Waals surface area contributed by atoms with E-state index in [2.05, 4.69) is 39.4 Å². The van der Waals surface area contributed by atoms with Crippen LogP contribution in [0.2, 0.25) is 0 Å². The van der Waals surface area contributed by atoms with Crippen molar-refractivity contribution in [1.29, 1.82) is 0 Å². The summed E-state index contributed by atoms with van der Waals surface area (Å²) in [5.41, 5.74) is 0.658. The van der Waals surface area contributed by atoms with Gasteiger partial charge in [0.25, 0.3) is 0 Å². The fourth-order valence-corrected chi connectivity index (χ4v) is 3.64. The first-order valence-electron chi connectivity index (χ1n) is 7.98. The highest BCUT2D eigenvalue weighted by Crippen LogP contribution is 2.37. The Morgan fingerprint density at radius 3 is 2.70 bits per heavy atom. The van der Waals surface area contributed by atoms with Crippen LogP contribution in [0.1, 0.15) is 32.3 Å². The second-order valence-corrected chi connectivity index (χ2v) is 6.69. The summed E-state index contributed by atoms with van der Waals surface area (Å²) in [4.78, 5) is 13.9. The molecule has 23 heavy (non-hydrogen) atoms. The third-order valence-corrected chi connectivity index (χ3v) is 4.96. The molecule has 1 saturated heterocycles. The summed E-state index contributed by atoms with van der Waals surface area (Å²) in [6.07, 6.45) is 2.96. The maximum Gasteiger partial charge on any atom is 0.306 e. The minimum absolute atomic E-state index is 0.0254. The Morgan fingerprint density at radius 2 is 2.09 bits per heavy atom. The van der Waals surface area contributed by atoms with E-state index in [1.165, 1.54) is 5.56 Å². The van der Waals surface area contributed by atoms with E-state index in [1.54, 1.807) is 6.21 Å². The van der Waals surface area contributed by atoms with Gasteiger partial charge in [-0.15, -0.1) is 5.10 Å². The standard InChI is InChI=1S/C17H22N4O2/c1-12-8-14(16(22)23)9-15(17(2)11-18-20-19-17)21(12)10-13-6-4-3-5-7-13/h3-7,11-12,14-15H,8-10H2,1-2H3,(H,22,23). The predicted molar refractivity (Wildman–Crippen MR) is 87.3 cm³/mol. The van der Waals surface area contributed by atoms with Crippen LogP contribution in [-0.2, 0) is 11.3 Å². The Balaban J connectivity index is 1.89. The second kappa shape index (κ2) is 6.20. The molecule has 0 amide bonds. The molecule has 2 aliphatic rings. The van der Waals surface area contributed by atoms with Crippen molar-refractivity contribution < 1.29 is 9.90 Å². The van der Waals surface area contributed by atoms with Gasteiger partial charge in [0, 0.05) is 18.6 Å². The number of likely N-dealkylation sites (tertiary alicyclic amines) is 1. The summed E-state index contributed by atoms with van der Waals surface area (Å²) in [6, 6.07) is 10.4. The molecule has 0 aromatic heterocycles. The van der Waals surface area contributed by atoms with Crippen LogP contribution < -0.4 is 0 Å². The summed E-state index contributed by atoms with van der Waals surface area (Å²) in [5, 5.41) is 21.4. The number of benzene rings is 1. The fraction of sp³-hybridized carbons (Fsp3) is 0.529. The summed E-state index contributed by atoms with van der Waals surface area (Å²) in [5.74, 6) is -1.07. The van der Waals surface area contributed by atoms with Crippen molar-refractivity contribution in [2.75, 3.05) is 0 Å². The first-order chi connectivity index (χ1) is 11.0. The zero-order valence-electron chi connectivity index (χ0n) is 13.5. The van der Waals surface area contributed by atoms with E-state index in [4.69, 9.17) is 0 Å². The lowest BCUT2D eigenvalue weighted by molar-refractivity contribution is -0.145. The molecule has 6 heteroatoms. The maximum absolute atomic E-state index is 11.5. The van der Waals surface area contributed by atoms with Gasteiger partial charge in [0.1, 0.15) is 5.54 Å². The number of nitrogens with zero attached hydrogens (tertiary/aromatic N) is 4. The largest absolute Gasteiger partial charge is 0.481 e. The van der Waals surface area contributed by atoms with Gasteiger partial charge in [0.15, 0.2) is 0 Å². The van der Waals surface area contributed by atoms with Crippen LogP contribution in [0.15, 0.2) is 45.8 Å². The summed E-state index contributed by atoms with van der Waals surface area (Å²) < 4.78 is 0. The van der Waals surface area contributed by atoms with Gasteiger partial charge in [-0.05, 0) is 37.5 Å². The number of hydrogen-bond donors (Lipinski definition) is 1. The molecule has 1 N–H and O–H groups in total. The molecular formula is C17H22N4O2. The van der Waals surface area contributed by atoms with Crippen LogP contribution in [0, 0.1) is 5.92 Å². The van der Waals surface area contributed by atoms with E-state index in [-0.39, 0.29) is 18.0 Å². The zero-order valence-corrected chi connectivity index (χ0v) is 13.5. The number of carbonyl (C=O) groups is 1. The Kier molecular flexibility index (Phi) is 4.26. The van der Waals surface area contributed by atoms with E-state index in [9.17, 15) is 9.90 Å². The Morgan fingerprint density at radius 1 is 1.35 bits per heavy atom. The van der Waals surface area contributed by atoms with Crippen LogP contribution in [0.3, 0.4) is 0 Å². The van der Waals surface area contributed by atoms with Crippen molar-refractivity contribution in [2.45, 2.75) is 50.9 Å². The van der Waals surface area contributed by atoms with Crippen LogP contribution in [0.25, 0.3) is 0 Å². The smallest absolute Gasteiger partial charge is 0.306 e. The molecule has 0 spiro atoms. The molecule has 2 heterocycles. The zero-order chi connectivity index (χ0) is 16.4. The lowest BCUT2D eigenvalue weighted by atomic mass is 9.78. The van der Waals surface area contributed by atoms with Gasteiger partial charge in [-0.1, -0.05) is 30.3 Å². The van der Waals surface area contributed by atoms with Crippen molar-refractivity contribution in [3.8, 4) is 0 Å². The molecule has 4 unspecified atom stereocenters. The highest BCUT2D eigenvalue weighted by molar-refractivity contribution is 5.74. The van der Waals surface area contributed by atoms with Gasteiger partial charge in [0.05, 0.1) is 12.1 Å². The maximum atomic E-state index is 11.5. The number of carboxylic acid groups (broad SMARTS) is 1. The lowest BCUT2D eigenvalue weighted by Crippen LogP contribution is -2.58. The molecule has 6 nitrogen and oxygen atoms in total. The molecule has 122 valence electrons. The molecule has 0 aliphatic carbocycles. The Hall–Kier alpha value is -2.08. The van der Waals surface area contributed by atoms with Gasteiger partial charge in [-0.2, -0.15) is 5.11 Å². The summed E-state index contributed by atoms with van der Waals surface area (Å²) in [7, 11) is 0. The van der Waals surface area contributed by atoms with E-state index in [1.807, 2.05) is 25.1 Å². The van der Waals surface area contributed by atoms with Crippen molar-refractivity contribution in [3.63, 3.8) is 0 Å². The predicted octanol–water partition coefficient (Wildman–Crippen LogP) is 2.95. The monoisotopic (exact) mass is 314 g/mol. The Labute approximate surface area is 135 Å². The molecule has 4 atom stereocenters. The minimum atomic E-state index is -0.725. The molecule has 0 saturated carbocycles. The van der Waals surface area contributed by atoms with Gasteiger partial charge in [-0.3, -0.25) is 9.69 Å².